The quantitative estimate of drug-likeness (QED) is 0.761. The Labute approximate surface area is 186 Å². The summed E-state index contributed by atoms with van der Waals surface area (Å²) in [7, 11) is 0. The molecule has 3 heterocycles. The van der Waals surface area contributed by atoms with Crippen LogP contribution in [0.2, 0.25) is 0 Å². The number of ether oxygens (including phenoxy) is 2. The Bertz CT molecular complexity index is 761. The number of nitrogens with zero attached hydrogens (tertiary/aromatic N) is 2. The van der Waals surface area contributed by atoms with E-state index < -0.39 is 5.79 Å². The predicted octanol–water partition coefficient (Wildman–Crippen LogP) is 4.25. The maximum Gasteiger partial charge on any atom is 0.251 e. The molecule has 1 N–H and O–H groups in total. The zero-order chi connectivity index (χ0) is 21.1. The number of hydrogen-bond acceptors (Lipinski definition) is 5. The minimum absolute atomic E-state index is 0.0559. The Kier molecular flexibility index (Phi) is 6.37. The van der Waals surface area contributed by atoms with Gasteiger partial charge < -0.3 is 19.7 Å². The van der Waals surface area contributed by atoms with E-state index in [4.69, 9.17) is 9.47 Å². The fourth-order valence-electron chi connectivity index (χ4n) is 5.70. The summed E-state index contributed by atoms with van der Waals surface area (Å²) in [6.45, 7) is 6.32. The van der Waals surface area contributed by atoms with E-state index in [0.29, 0.717) is 6.54 Å². The fraction of sp³-hybridized carbons (Fsp3) is 0.720. The Balaban J connectivity index is 1.07. The average Bonchev–Trinajstić information content (AvgIpc) is 3.27. The Morgan fingerprint density at radius 2 is 1.61 bits per heavy atom. The first-order chi connectivity index (χ1) is 15.2. The van der Waals surface area contributed by atoms with Crippen LogP contribution in [0.1, 0.15) is 64.2 Å². The number of anilines is 1. The van der Waals surface area contributed by atoms with Gasteiger partial charge in [-0.15, -0.1) is 0 Å². The van der Waals surface area contributed by atoms with Gasteiger partial charge >= 0.3 is 0 Å². The number of benzene rings is 1. The van der Waals surface area contributed by atoms with Crippen LogP contribution in [0.3, 0.4) is 0 Å². The molecule has 3 fully saturated rings. The normalized spacial score (nSPS) is 24.4. The number of likely N-dealkylation sites (tertiary alicyclic amines) is 2. The molecule has 6 nitrogen and oxygen atoms in total. The Hall–Kier alpha value is -1.79. The highest BCUT2D eigenvalue weighted by Gasteiger charge is 2.44. The molecule has 170 valence electrons. The molecule has 5 rings (SSSR count). The molecule has 0 unspecified atom stereocenters. The summed E-state index contributed by atoms with van der Waals surface area (Å²) in [6.07, 6.45) is 12.1. The average molecular weight is 428 g/mol. The molecule has 3 aliphatic heterocycles. The maximum atomic E-state index is 12.6. The van der Waals surface area contributed by atoms with Gasteiger partial charge in [0.25, 0.3) is 5.79 Å². The van der Waals surface area contributed by atoms with Gasteiger partial charge in [0.15, 0.2) is 11.5 Å². The third kappa shape index (κ3) is 5.17. The van der Waals surface area contributed by atoms with Crippen molar-refractivity contribution in [3.8, 4) is 11.5 Å². The summed E-state index contributed by atoms with van der Waals surface area (Å²) in [5.74, 6) is 1.94. The second kappa shape index (κ2) is 9.37. The Morgan fingerprint density at radius 1 is 0.903 bits per heavy atom. The molecular formula is C25H37N3O3. The molecule has 1 spiro atoms. The summed E-state index contributed by atoms with van der Waals surface area (Å²) in [5.41, 5.74) is 0.790. The van der Waals surface area contributed by atoms with Crippen molar-refractivity contribution >= 4 is 11.6 Å². The summed E-state index contributed by atoms with van der Waals surface area (Å²) in [6, 6.07) is 5.75. The van der Waals surface area contributed by atoms with Gasteiger partial charge in [0.2, 0.25) is 5.91 Å². The monoisotopic (exact) mass is 427 g/mol. The van der Waals surface area contributed by atoms with E-state index in [-0.39, 0.29) is 5.91 Å². The van der Waals surface area contributed by atoms with Gasteiger partial charge in [-0.25, -0.2) is 0 Å². The van der Waals surface area contributed by atoms with Gasteiger partial charge in [0.05, 0.1) is 6.54 Å². The smallest absolute Gasteiger partial charge is 0.251 e. The molecule has 1 amide bonds. The van der Waals surface area contributed by atoms with Gasteiger partial charge in [-0.05, 0) is 82.8 Å². The molecule has 1 aliphatic carbocycles. The number of piperidine rings is 1. The van der Waals surface area contributed by atoms with Crippen LogP contribution in [-0.4, -0.2) is 60.8 Å². The number of rotatable bonds is 5. The molecule has 4 aliphatic rings. The van der Waals surface area contributed by atoms with Crippen LogP contribution in [0.5, 0.6) is 11.5 Å². The van der Waals surface area contributed by atoms with Gasteiger partial charge in [0.1, 0.15) is 0 Å². The molecule has 0 radical (unpaired) electrons. The highest BCUT2D eigenvalue weighted by atomic mass is 16.7. The van der Waals surface area contributed by atoms with Crippen molar-refractivity contribution in [3.05, 3.63) is 18.2 Å². The van der Waals surface area contributed by atoms with Crippen molar-refractivity contribution in [2.75, 3.05) is 44.6 Å². The lowest BCUT2D eigenvalue weighted by Crippen LogP contribution is -2.42. The van der Waals surface area contributed by atoms with Crippen LogP contribution >= 0.6 is 0 Å². The zero-order valence-corrected chi connectivity index (χ0v) is 18.7. The van der Waals surface area contributed by atoms with E-state index in [1.807, 2.05) is 18.2 Å². The minimum Gasteiger partial charge on any atom is -0.448 e. The van der Waals surface area contributed by atoms with Gasteiger partial charge in [-0.1, -0.05) is 12.8 Å². The standard InChI is InChI=1S/C25H37N3O3/c29-24(19-28-15-9-20(10-16-28)18-27-13-5-1-2-6-14-27)26-21-7-8-22-23(17-21)31-25(30-22)11-3-4-12-25/h7-8,17,20H,1-6,9-16,18-19H2,(H,26,29). The molecule has 0 aromatic heterocycles. The lowest BCUT2D eigenvalue weighted by Gasteiger charge is -2.34. The summed E-state index contributed by atoms with van der Waals surface area (Å²) >= 11 is 0. The van der Waals surface area contributed by atoms with E-state index in [0.717, 1.165) is 61.9 Å². The first-order valence-electron chi connectivity index (χ1n) is 12.4. The summed E-state index contributed by atoms with van der Waals surface area (Å²) in [4.78, 5) is 17.6. The van der Waals surface area contributed by atoms with Gasteiger partial charge in [0, 0.05) is 31.1 Å². The van der Waals surface area contributed by atoms with Gasteiger partial charge in [-0.3, -0.25) is 9.69 Å². The number of fused-ring (bicyclic) bond motifs is 1. The lowest BCUT2D eigenvalue weighted by atomic mass is 9.96. The van der Waals surface area contributed by atoms with Crippen molar-refractivity contribution in [2.24, 2.45) is 5.92 Å². The van der Waals surface area contributed by atoms with Crippen LogP contribution in [0.25, 0.3) is 0 Å². The van der Waals surface area contributed by atoms with Crippen LogP contribution < -0.4 is 14.8 Å². The van der Waals surface area contributed by atoms with E-state index in [1.165, 1.54) is 58.2 Å². The lowest BCUT2D eigenvalue weighted by molar-refractivity contribution is -0.117. The number of nitrogens with one attached hydrogen (secondary N) is 1. The molecule has 1 saturated carbocycles. The second-order valence-electron chi connectivity index (χ2n) is 9.97. The third-order valence-electron chi connectivity index (χ3n) is 7.47. The summed E-state index contributed by atoms with van der Waals surface area (Å²) in [5, 5.41) is 3.06. The molecule has 1 aromatic carbocycles. The van der Waals surface area contributed by atoms with Crippen molar-refractivity contribution in [1.82, 2.24) is 9.80 Å². The summed E-state index contributed by atoms with van der Waals surface area (Å²) < 4.78 is 12.2. The highest BCUT2D eigenvalue weighted by molar-refractivity contribution is 5.92. The predicted molar refractivity (Wildman–Crippen MR) is 122 cm³/mol. The molecular weight excluding hydrogens is 390 g/mol. The number of carbonyl (C=O) groups is 1. The van der Waals surface area contributed by atoms with E-state index in [9.17, 15) is 4.79 Å². The molecule has 6 heteroatoms. The van der Waals surface area contributed by atoms with Gasteiger partial charge in [-0.2, -0.15) is 0 Å². The number of hydrogen-bond donors (Lipinski definition) is 1. The third-order valence-corrected chi connectivity index (χ3v) is 7.47. The van der Waals surface area contributed by atoms with E-state index in [1.54, 1.807) is 0 Å². The molecule has 31 heavy (non-hydrogen) atoms. The zero-order valence-electron chi connectivity index (χ0n) is 18.7. The first kappa shape index (κ1) is 21.1. The number of carbonyl (C=O) groups excluding carboxylic acids is 1. The minimum atomic E-state index is -0.456. The van der Waals surface area contributed by atoms with E-state index in [2.05, 4.69) is 15.1 Å². The molecule has 0 atom stereocenters. The molecule has 2 saturated heterocycles. The largest absolute Gasteiger partial charge is 0.448 e. The Morgan fingerprint density at radius 3 is 2.35 bits per heavy atom. The molecule has 0 bridgehead atoms. The number of amides is 1. The van der Waals surface area contributed by atoms with Crippen LogP contribution in [-0.2, 0) is 4.79 Å². The maximum absolute atomic E-state index is 12.6. The van der Waals surface area contributed by atoms with Crippen molar-refractivity contribution in [3.63, 3.8) is 0 Å². The first-order valence-corrected chi connectivity index (χ1v) is 12.4. The van der Waals surface area contributed by atoms with Crippen LogP contribution in [0, 0.1) is 5.92 Å². The van der Waals surface area contributed by atoms with Crippen LogP contribution in [0.15, 0.2) is 18.2 Å². The highest BCUT2D eigenvalue weighted by Crippen LogP contribution is 2.47. The van der Waals surface area contributed by atoms with E-state index >= 15 is 0 Å². The van der Waals surface area contributed by atoms with Crippen LogP contribution in [0.4, 0.5) is 5.69 Å². The van der Waals surface area contributed by atoms with Crippen molar-refractivity contribution in [1.29, 1.82) is 0 Å². The second-order valence-corrected chi connectivity index (χ2v) is 9.97. The topological polar surface area (TPSA) is 54.0 Å². The molecule has 1 aromatic rings. The van der Waals surface area contributed by atoms with Crippen molar-refractivity contribution in [2.45, 2.75) is 70.0 Å². The SMILES string of the molecule is O=C(CN1CCC(CN2CCCCCC2)CC1)Nc1ccc2c(c1)OC1(CCCC1)O2. The van der Waals surface area contributed by atoms with Crippen molar-refractivity contribution < 1.29 is 14.3 Å². The fourth-order valence-corrected chi connectivity index (χ4v) is 5.70.